The van der Waals surface area contributed by atoms with Crippen LogP contribution in [0.5, 0.6) is 5.75 Å². The molecule has 1 aliphatic rings. The van der Waals surface area contributed by atoms with Crippen molar-refractivity contribution in [1.82, 2.24) is 9.97 Å². The Labute approximate surface area is 99.8 Å². The Balaban J connectivity index is 1.97. The average molecular weight is 229 g/mol. The number of fused-ring (bicyclic) bond motifs is 1. The molecule has 0 unspecified atom stereocenters. The molecule has 0 fully saturated rings. The molecule has 0 spiro atoms. The van der Waals surface area contributed by atoms with Crippen LogP contribution in [0.3, 0.4) is 0 Å². The first-order valence-electron chi connectivity index (χ1n) is 5.87. The van der Waals surface area contributed by atoms with Gasteiger partial charge in [-0.25, -0.2) is 4.98 Å². The molecule has 1 aliphatic heterocycles. The standard InChI is InChI=1S/C13H15N3O/c14-7-13-15-8-11(16-13)9-3-4-12-10(6-9)2-1-5-17-12/h3-4,6,8H,1-2,5,7,14H2,(H,15,16). The number of ether oxygens (including phenoxy) is 1. The molecule has 0 radical (unpaired) electrons. The third kappa shape index (κ3) is 1.91. The Hall–Kier alpha value is -1.81. The lowest BCUT2D eigenvalue weighted by atomic mass is 10.0. The molecule has 2 aromatic rings. The molecule has 0 atom stereocenters. The number of aromatic nitrogens is 2. The highest BCUT2D eigenvalue weighted by atomic mass is 16.5. The highest BCUT2D eigenvalue weighted by Gasteiger charge is 2.11. The number of hydrogen-bond donors (Lipinski definition) is 2. The average Bonchev–Trinajstić information content (AvgIpc) is 2.87. The van der Waals surface area contributed by atoms with Gasteiger partial charge < -0.3 is 15.5 Å². The van der Waals surface area contributed by atoms with Gasteiger partial charge in [-0.2, -0.15) is 0 Å². The minimum Gasteiger partial charge on any atom is -0.493 e. The minimum absolute atomic E-state index is 0.439. The quantitative estimate of drug-likeness (QED) is 0.826. The van der Waals surface area contributed by atoms with E-state index in [0.717, 1.165) is 42.3 Å². The van der Waals surface area contributed by atoms with Crippen molar-refractivity contribution in [2.45, 2.75) is 19.4 Å². The summed E-state index contributed by atoms with van der Waals surface area (Å²) in [6, 6.07) is 6.26. The van der Waals surface area contributed by atoms with Crippen LogP contribution in [0, 0.1) is 0 Å². The first-order chi connectivity index (χ1) is 8.36. The van der Waals surface area contributed by atoms with Crippen LogP contribution in [0.2, 0.25) is 0 Å². The van der Waals surface area contributed by atoms with Crippen LogP contribution in [0.4, 0.5) is 0 Å². The largest absolute Gasteiger partial charge is 0.493 e. The van der Waals surface area contributed by atoms with E-state index in [-0.39, 0.29) is 0 Å². The van der Waals surface area contributed by atoms with Crippen LogP contribution in [0.25, 0.3) is 11.3 Å². The maximum atomic E-state index is 5.59. The number of imidazole rings is 1. The molecule has 4 nitrogen and oxygen atoms in total. The van der Waals surface area contributed by atoms with Gasteiger partial charge in [0.2, 0.25) is 0 Å². The smallest absolute Gasteiger partial charge is 0.122 e. The molecule has 88 valence electrons. The predicted molar refractivity (Wildman–Crippen MR) is 65.7 cm³/mol. The van der Waals surface area contributed by atoms with Crippen molar-refractivity contribution in [3.8, 4) is 17.0 Å². The molecule has 0 saturated carbocycles. The van der Waals surface area contributed by atoms with Gasteiger partial charge in [-0.3, -0.25) is 0 Å². The maximum absolute atomic E-state index is 5.59. The van der Waals surface area contributed by atoms with E-state index in [1.165, 1.54) is 5.56 Å². The van der Waals surface area contributed by atoms with E-state index in [4.69, 9.17) is 10.5 Å². The molecule has 1 aromatic heterocycles. The molecule has 0 amide bonds. The van der Waals surface area contributed by atoms with Gasteiger partial charge in [0.25, 0.3) is 0 Å². The van der Waals surface area contributed by atoms with Crippen LogP contribution in [0.15, 0.2) is 24.4 Å². The van der Waals surface area contributed by atoms with Crippen molar-refractivity contribution in [2.24, 2.45) is 5.73 Å². The Morgan fingerprint density at radius 2 is 2.35 bits per heavy atom. The molecular formula is C13H15N3O. The summed E-state index contributed by atoms with van der Waals surface area (Å²) in [5.74, 6) is 1.83. The second-order valence-corrected chi connectivity index (χ2v) is 4.22. The summed E-state index contributed by atoms with van der Waals surface area (Å²) < 4.78 is 5.59. The number of H-pyrrole nitrogens is 1. The topological polar surface area (TPSA) is 63.9 Å². The third-order valence-electron chi connectivity index (χ3n) is 3.04. The Bertz CT molecular complexity index is 533. The number of nitrogens with zero attached hydrogens (tertiary/aromatic N) is 1. The molecule has 2 heterocycles. The summed E-state index contributed by atoms with van der Waals surface area (Å²) in [5, 5.41) is 0. The van der Waals surface area contributed by atoms with E-state index in [1.807, 2.05) is 12.3 Å². The zero-order chi connectivity index (χ0) is 11.7. The molecule has 0 saturated heterocycles. The van der Waals surface area contributed by atoms with Gasteiger partial charge >= 0.3 is 0 Å². The van der Waals surface area contributed by atoms with Crippen LogP contribution in [-0.2, 0) is 13.0 Å². The zero-order valence-electron chi connectivity index (χ0n) is 9.57. The fourth-order valence-electron chi connectivity index (χ4n) is 2.14. The predicted octanol–water partition coefficient (Wildman–Crippen LogP) is 1.86. The van der Waals surface area contributed by atoms with Gasteiger partial charge in [-0.15, -0.1) is 0 Å². The van der Waals surface area contributed by atoms with E-state index in [1.54, 1.807) is 0 Å². The summed E-state index contributed by atoms with van der Waals surface area (Å²) in [5.41, 5.74) is 8.97. The molecule has 0 bridgehead atoms. The molecule has 3 N–H and O–H groups in total. The lowest BCUT2D eigenvalue weighted by Gasteiger charge is -2.17. The second-order valence-electron chi connectivity index (χ2n) is 4.22. The van der Waals surface area contributed by atoms with Crippen molar-refractivity contribution in [1.29, 1.82) is 0 Å². The van der Waals surface area contributed by atoms with Crippen LogP contribution < -0.4 is 10.5 Å². The summed E-state index contributed by atoms with van der Waals surface area (Å²) >= 11 is 0. The highest BCUT2D eigenvalue weighted by Crippen LogP contribution is 2.29. The van der Waals surface area contributed by atoms with E-state index in [9.17, 15) is 0 Å². The zero-order valence-corrected chi connectivity index (χ0v) is 9.57. The van der Waals surface area contributed by atoms with Crippen molar-refractivity contribution >= 4 is 0 Å². The third-order valence-corrected chi connectivity index (χ3v) is 3.04. The van der Waals surface area contributed by atoms with Crippen molar-refractivity contribution in [3.63, 3.8) is 0 Å². The number of hydrogen-bond acceptors (Lipinski definition) is 3. The van der Waals surface area contributed by atoms with E-state index in [2.05, 4.69) is 22.1 Å². The van der Waals surface area contributed by atoms with Gasteiger partial charge in [0.1, 0.15) is 11.6 Å². The highest BCUT2D eigenvalue weighted by molar-refractivity contribution is 5.62. The second kappa shape index (κ2) is 4.22. The number of rotatable bonds is 2. The summed E-state index contributed by atoms with van der Waals surface area (Å²) in [4.78, 5) is 7.42. The van der Waals surface area contributed by atoms with Gasteiger partial charge in [-0.1, -0.05) is 0 Å². The summed E-state index contributed by atoms with van der Waals surface area (Å²) in [6.45, 7) is 1.27. The van der Waals surface area contributed by atoms with E-state index in [0.29, 0.717) is 6.54 Å². The maximum Gasteiger partial charge on any atom is 0.122 e. The van der Waals surface area contributed by atoms with Gasteiger partial charge in [-0.05, 0) is 36.6 Å². The molecule has 4 heteroatoms. The Kier molecular flexibility index (Phi) is 2.57. The first-order valence-corrected chi connectivity index (χ1v) is 5.87. The van der Waals surface area contributed by atoms with Crippen LogP contribution >= 0.6 is 0 Å². The van der Waals surface area contributed by atoms with Crippen LogP contribution in [0.1, 0.15) is 17.8 Å². The van der Waals surface area contributed by atoms with E-state index >= 15 is 0 Å². The molecule has 3 rings (SSSR count). The lowest BCUT2D eigenvalue weighted by Crippen LogP contribution is -2.08. The molecular weight excluding hydrogens is 214 g/mol. The fourth-order valence-corrected chi connectivity index (χ4v) is 2.14. The molecule has 17 heavy (non-hydrogen) atoms. The van der Waals surface area contributed by atoms with Gasteiger partial charge in [0.15, 0.2) is 0 Å². The normalized spacial score (nSPS) is 14.2. The fraction of sp³-hybridized carbons (Fsp3) is 0.308. The summed E-state index contributed by atoms with van der Waals surface area (Å²) in [7, 11) is 0. The SMILES string of the molecule is NCc1ncc(-c2ccc3c(c2)CCCO3)[nH]1. The number of aryl methyl sites for hydroxylation is 1. The molecule has 0 aliphatic carbocycles. The van der Waals surface area contributed by atoms with E-state index < -0.39 is 0 Å². The van der Waals surface area contributed by atoms with Crippen LogP contribution in [-0.4, -0.2) is 16.6 Å². The number of benzene rings is 1. The number of aromatic amines is 1. The number of nitrogens with two attached hydrogens (primary N) is 1. The van der Waals surface area contributed by atoms with Crippen molar-refractivity contribution in [3.05, 3.63) is 35.8 Å². The Morgan fingerprint density at radius 3 is 3.18 bits per heavy atom. The molecule has 1 aromatic carbocycles. The number of nitrogens with one attached hydrogen (secondary N) is 1. The van der Waals surface area contributed by atoms with Crippen molar-refractivity contribution < 1.29 is 4.74 Å². The van der Waals surface area contributed by atoms with Gasteiger partial charge in [0.05, 0.1) is 25.0 Å². The lowest BCUT2D eigenvalue weighted by molar-refractivity contribution is 0.288. The minimum atomic E-state index is 0.439. The van der Waals surface area contributed by atoms with Crippen molar-refractivity contribution in [2.75, 3.05) is 6.61 Å². The van der Waals surface area contributed by atoms with Gasteiger partial charge in [0, 0.05) is 5.56 Å². The summed E-state index contributed by atoms with van der Waals surface area (Å²) in [6.07, 6.45) is 4.00. The Morgan fingerprint density at radius 1 is 1.41 bits per heavy atom. The monoisotopic (exact) mass is 229 g/mol. The first kappa shape index (κ1) is 10.4.